The summed E-state index contributed by atoms with van der Waals surface area (Å²) in [7, 11) is 0. The fourth-order valence-corrected chi connectivity index (χ4v) is 1.97. The molecule has 0 unspecified atom stereocenters. The summed E-state index contributed by atoms with van der Waals surface area (Å²) in [6.07, 6.45) is 0. The van der Waals surface area contributed by atoms with E-state index in [0.717, 1.165) is 5.52 Å². The summed E-state index contributed by atoms with van der Waals surface area (Å²) in [6, 6.07) is 15.1. The third kappa shape index (κ3) is 1.80. The van der Waals surface area contributed by atoms with Crippen LogP contribution >= 0.6 is 0 Å². The molecule has 0 fully saturated rings. The molecule has 1 heterocycles. The molecule has 0 amide bonds. The lowest BCUT2D eigenvalue weighted by Gasteiger charge is -1.96. The van der Waals surface area contributed by atoms with Gasteiger partial charge in [0.05, 0.1) is 5.69 Å². The molecule has 18 heavy (non-hydrogen) atoms. The second-order valence-electron chi connectivity index (χ2n) is 4.11. The predicted molar refractivity (Wildman–Crippen MR) is 68.1 cm³/mol. The second kappa shape index (κ2) is 4.11. The Bertz CT molecular complexity index is 716. The van der Waals surface area contributed by atoms with Gasteiger partial charge in [0.1, 0.15) is 5.82 Å². The number of aromatic nitrogens is 1. The molecule has 1 aromatic heterocycles. The summed E-state index contributed by atoms with van der Waals surface area (Å²) >= 11 is 0. The highest BCUT2D eigenvalue weighted by Crippen LogP contribution is 2.18. The number of halogens is 1. The Labute approximate surface area is 103 Å². The van der Waals surface area contributed by atoms with Crippen molar-refractivity contribution in [2.24, 2.45) is 0 Å². The summed E-state index contributed by atoms with van der Waals surface area (Å²) in [5.41, 5.74) is 1.85. The first-order valence-corrected chi connectivity index (χ1v) is 5.62. The van der Waals surface area contributed by atoms with Gasteiger partial charge in [-0.1, -0.05) is 30.3 Å². The highest BCUT2D eigenvalue weighted by atomic mass is 19.1. The second-order valence-corrected chi connectivity index (χ2v) is 4.11. The van der Waals surface area contributed by atoms with Crippen LogP contribution in [0.3, 0.4) is 0 Å². The maximum Gasteiger partial charge on any atom is 0.209 e. The molecule has 88 valence electrons. The van der Waals surface area contributed by atoms with Gasteiger partial charge in [0.25, 0.3) is 0 Å². The maximum absolute atomic E-state index is 13.1. The number of hydrogen-bond donors (Lipinski definition) is 1. The van der Waals surface area contributed by atoms with Gasteiger partial charge in [0.15, 0.2) is 0 Å². The molecule has 0 bridgehead atoms. The van der Waals surface area contributed by atoms with Gasteiger partial charge in [0.2, 0.25) is 5.78 Å². The number of carbonyl (C=O) groups is 1. The predicted octanol–water partition coefficient (Wildman–Crippen LogP) is 3.54. The van der Waals surface area contributed by atoms with Gasteiger partial charge < -0.3 is 4.98 Å². The van der Waals surface area contributed by atoms with Gasteiger partial charge in [-0.05, 0) is 24.3 Å². The van der Waals surface area contributed by atoms with E-state index in [2.05, 4.69) is 4.98 Å². The van der Waals surface area contributed by atoms with Crippen LogP contribution in [-0.2, 0) is 0 Å². The van der Waals surface area contributed by atoms with Gasteiger partial charge >= 0.3 is 0 Å². The van der Waals surface area contributed by atoms with Crippen LogP contribution in [0.4, 0.5) is 4.39 Å². The topological polar surface area (TPSA) is 32.9 Å². The van der Waals surface area contributed by atoms with Crippen LogP contribution in [-0.4, -0.2) is 10.8 Å². The molecule has 3 heteroatoms. The lowest BCUT2D eigenvalue weighted by atomic mass is 10.1. The lowest BCUT2D eigenvalue weighted by molar-refractivity contribution is 0.103. The third-order valence-electron chi connectivity index (χ3n) is 2.86. The monoisotopic (exact) mass is 239 g/mol. The van der Waals surface area contributed by atoms with Crippen LogP contribution in [0.1, 0.15) is 16.1 Å². The Kier molecular flexibility index (Phi) is 2.45. The Morgan fingerprint density at radius 2 is 1.78 bits per heavy atom. The zero-order valence-corrected chi connectivity index (χ0v) is 9.48. The van der Waals surface area contributed by atoms with Gasteiger partial charge in [-0.3, -0.25) is 4.79 Å². The highest BCUT2D eigenvalue weighted by molar-refractivity contribution is 6.10. The van der Waals surface area contributed by atoms with Crippen molar-refractivity contribution in [3.8, 4) is 0 Å². The van der Waals surface area contributed by atoms with Crippen molar-refractivity contribution in [2.75, 3.05) is 0 Å². The van der Waals surface area contributed by atoms with Crippen LogP contribution < -0.4 is 0 Å². The van der Waals surface area contributed by atoms with Crippen LogP contribution in [0.2, 0.25) is 0 Å². The van der Waals surface area contributed by atoms with Crippen molar-refractivity contribution in [1.29, 1.82) is 0 Å². The van der Waals surface area contributed by atoms with Crippen LogP contribution in [0.25, 0.3) is 10.9 Å². The standard InChI is InChI=1S/C15H10FNO/c16-12-6-7-13-11(8-12)9-14(17-13)15(18)10-4-2-1-3-5-10/h1-9,17H. The smallest absolute Gasteiger partial charge is 0.209 e. The van der Waals surface area contributed by atoms with Crippen molar-refractivity contribution >= 4 is 16.7 Å². The molecule has 0 spiro atoms. The molecule has 1 N–H and O–H groups in total. The largest absolute Gasteiger partial charge is 0.352 e. The third-order valence-corrected chi connectivity index (χ3v) is 2.86. The molecular weight excluding hydrogens is 229 g/mol. The maximum atomic E-state index is 13.1. The quantitative estimate of drug-likeness (QED) is 0.682. The molecule has 2 aromatic carbocycles. The van der Waals surface area contributed by atoms with Gasteiger partial charge in [0, 0.05) is 16.5 Å². The van der Waals surface area contributed by atoms with Gasteiger partial charge in [-0.25, -0.2) is 4.39 Å². The minimum Gasteiger partial charge on any atom is -0.352 e. The number of benzene rings is 2. The van der Waals surface area contributed by atoms with Crippen LogP contribution in [0.5, 0.6) is 0 Å². The summed E-state index contributed by atoms with van der Waals surface area (Å²) in [6.45, 7) is 0. The Balaban J connectivity index is 2.07. The van der Waals surface area contributed by atoms with E-state index in [-0.39, 0.29) is 11.6 Å². The first-order chi connectivity index (χ1) is 8.74. The minimum absolute atomic E-state index is 0.0905. The van der Waals surface area contributed by atoms with E-state index in [1.807, 2.05) is 18.2 Å². The number of aromatic amines is 1. The highest BCUT2D eigenvalue weighted by Gasteiger charge is 2.11. The Morgan fingerprint density at radius 3 is 2.56 bits per heavy atom. The van der Waals surface area contributed by atoms with Gasteiger partial charge in [-0.2, -0.15) is 0 Å². The molecule has 3 aromatic rings. The molecular formula is C15H10FNO. The van der Waals surface area contributed by atoms with E-state index < -0.39 is 0 Å². The number of rotatable bonds is 2. The van der Waals surface area contributed by atoms with Gasteiger partial charge in [-0.15, -0.1) is 0 Å². The van der Waals surface area contributed by atoms with E-state index in [4.69, 9.17) is 0 Å². The number of nitrogens with one attached hydrogen (secondary N) is 1. The van der Waals surface area contributed by atoms with Crippen molar-refractivity contribution < 1.29 is 9.18 Å². The Hall–Kier alpha value is -2.42. The fourth-order valence-electron chi connectivity index (χ4n) is 1.97. The average molecular weight is 239 g/mol. The van der Waals surface area contributed by atoms with E-state index in [1.165, 1.54) is 12.1 Å². The number of hydrogen-bond acceptors (Lipinski definition) is 1. The van der Waals surface area contributed by atoms with Crippen molar-refractivity contribution in [2.45, 2.75) is 0 Å². The van der Waals surface area contributed by atoms with E-state index in [1.54, 1.807) is 24.3 Å². The zero-order valence-electron chi connectivity index (χ0n) is 9.48. The van der Waals surface area contributed by atoms with Crippen molar-refractivity contribution in [3.63, 3.8) is 0 Å². The number of carbonyl (C=O) groups excluding carboxylic acids is 1. The molecule has 0 radical (unpaired) electrons. The number of ketones is 1. The molecule has 3 rings (SSSR count). The summed E-state index contributed by atoms with van der Waals surface area (Å²) in [5, 5.41) is 0.703. The summed E-state index contributed by atoms with van der Waals surface area (Å²) < 4.78 is 13.1. The number of fused-ring (bicyclic) bond motifs is 1. The van der Waals surface area contributed by atoms with Crippen LogP contribution in [0, 0.1) is 5.82 Å². The average Bonchev–Trinajstić information content (AvgIpc) is 2.81. The molecule has 0 aliphatic heterocycles. The molecule has 2 nitrogen and oxygen atoms in total. The van der Waals surface area contributed by atoms with Crippen molar-refractivity contribution in [3.05, 3.63) is 71.7 Å². The van der Waals surface area contributed by atoms with Crippen LogP contribution in [0.15, 0.2) is 54.6 Å². The van der Waals surface area contributed by atoms with Crippen molar-refractivity contribution in [1.82, 2.24) is 4.98 Å². The lowest BCUT2D eigenvalue weighted by Crippen LogP contribution is -2.00. The molecule has 0 atom stereocenters. The normalized spacial score (nSPS) is 10.7. The molecule has 0 saturated heterocycles. The SMILES string of the molecule is O=C(c1ccccc1)c1cc2cc(F)ccc2[nH]1. The fraction of sp³-hybridized carbons (Fsp3) is 0. The number of H-pyrrole nitrogens is 1. The first-order valence-electron chi connectivity index (χ1n) is 5.62. The van der Waals surface area contributed by atoms with E-state index in [9.17, 15) is 9.18 Å². The van der Waals surface area contributed by atoms with E-state index >= 15 is 0 Å². The Morgan fingerprint density at radius 1 is 1.00 bits per heavy atom. The summed E-state index contributed by atoms with van der Waals surface area (Å²) in [5.74, 6) is -0.396. The molecule has 0 saturated carbocycles. The first kappa shape index (κ1) is 10.7. The van der Waals surface area contributed by atoms with E-state index in [0.29, 0.717) is 16.6 Å². The minimum atomic E-state index is -0.305. The summed E-state index contributed by atoms with van der Waals surface area (Å²) in [4.78, 5) is 15.2. The molecule has 0 aliphatic carbocycles. The zero-order chi connectivity index (χ0) is 12.5. The molecule has 0 aliphatic rings.